The van der Waals surface area contributed by atoms with Crippen LogP contribution in [0.4, 0.5) is 0 Å². The molecule has 29 heavy (non-hydrogen) atoms. The summed E-state index contributed by atoms with van der Waals surface area (Å²) in [6.45, 7) is 2.08. The molecule has 4 rings (SSSR count). The van der Waals surface area contributed by atoms with Gasteiger partial charge in [-0.05, 0) is 48.9 Å². The Balaban J connectivity index is 1.63. The number of aromatic nitrogens is 3. The molecule has 0 amide bonds. The number of aryl methyl sites for hydroxylation is 1. The molecular weight excluding hydrogens is 390 g/mol. The Morgan fingerprint density at radius 2 is 1.59 bits per heavy atom. The maximum absolute atomic E-state index is 12.8. The normalized spacial score (nSPS) is 11.5. The van der Waals surface area contributed by atoms with Crippen LogP contribution in [0.3, 0.4) is 0 Å². The summed E-state index contributed by atoms with van der Waals surface area (Å²) in [6.07, 6.45) is 1.60. The second kappa shape index (κ2) is 7.48. The van der Waals surface area contributed by atoms with Gasteiger partial charge in [0, 0.05) is 6.20 Å². The van der Waals surface area contributed by atoms with Crippen molar-refractivity contribution in [1.29, 1.82) is 0 Å². The second-order valence-electron chi connectivity index (χ2n) is 6.53. The summed E-state index contributed by atoms with van der Waals surface area (Å²) in [7, 11) is -3.60. The molecular formula is C21H17N3O4S. The van der Waals surface area contributed by atoms with Crippen LogP contribution in [0.1, 0.15) is 11.1 Å². The van der Waals surface area contributed by atoms with E-state index >= 15 is 0 Å². The Labute approximate surface area is 167 Å². The van der Waals surface area contributed by atoms with Crippen LogP contribution >= 0.6 is 0 Å². The standard InChI is InChI=1S/C21H17N3O4S/c1-15-5-9-17(10-6-15)29(26,27)18-11-7-16(8-12-18)14-24-20(23-28-21(24)25)19-4-2-3-13-22-19/h2-13H,14H2,1H3. The van der Waals surface area contributed by atoms with E-state index in [9.17, 15) is 13.2 Å². The van der Waals surface area contributed by atoms with Crippen LogP contribution < -0.4 is 5.76 Å². The van der Waals surface area contributed by atoms with Gasteiger partial charge in [-0.1, -0.05) is 41.1 Å². The summed E-state index contributed by atoms with van der Waals surface area (Å²) < 4.78 is 31.7. The summed E-state index contributed by atoms with van der Waals surface area (Å²) in [6, 6.07) is 18.4. The predicted octanol–water partition coefficient (Wildman–Crippen LogP) is 3.09. The van der Waals surface area contributed by atoms with E-state index < -0.39 is 15.6 Å². The SMILES string of the molecule is Cc1ccc(S(=O)(=O)c2ccc(Cn3c(-c4ccccn4)noc3=O)cc2)cc1. The fourth-order valence-corrected chi connectivity index (χ4v) is 4.16. The van der Waals surface area contributed by atoms with Gasteiger partial charge >= 0.3 is 5.76 Å². The lowest BCUT2D eigenvalue weighted by molar-refractivity contribution is 0.378. The number of pyridine rings is 1. The molecule has 0 spiro atoms. The lowest BCUT2D eigenvalue weighted by atomic mass is 10.2. The molecule has 2 aromatic carbocycles. The summed E-state index contributed by atoms with van der Waals surface area (Å²) in [5, 5.41) is 3.80. The molecule has 146 valence electrons. The highest BCUT2D eigenvalue weighted by molar-refractivity contribution is 7.91. The van der Waals surface area contributed by atoms with E-state index in [4.69, 9.17) is 4.52 Å². The number of hydrogen-bond donors (Lipinski definition) is 0. The average Bonchev–Trinajstić information content (AvgIpc) is 3.10. The number of nitrogens with zero attached hydrogens (tertiary/aromatic N) is 3. The van der Waals surface area contributed by atoms with Gasteiger partial charge < -0.3 is 0 Å². The molecule has 8 heteroatoms. The molecule has 2 aromatic heterocycles. The predicted molar refractivity (Wildman–Crippen MR) is 106 cm³/mol. The molecule has 0 atom stereocenters. The smallest absolute Gasteiger partial charge is 0.295 e. The van der Waals surface area contributed by atoms with Gasteiger partial charge in [0.15, 0.2) is 0 Å². The first kappa shape index (κ1) is 18.8. The van der Waals surface area contributed by atoms with Crippen molar-refractivity contribution in [1.82, 2.24) is 14.7 Å². The lowest BCUT2D eigenvalue weighted by Gasteiger charge is -2.08. The molecule has 0 saturated carbocycles. The molecule has 0 radical (unpaired) electrons. The van der Waals surface area contributed by atoms with Gasteiger partial charge in [-0.3, -0.25) is 14.1 Å². The van der Waals surface area contributed by atoms with Crippen LogP contribution in [0.25, 0.3) is 11.5 Å². The zero-order valence-corrected chi connectivity index (χ0v) is 16.3. The Morgan fingerprint density at radius 1 is 0.931 bits per heavy atom. The lowest BCUT2D eigenvalue weighted by Crippen LogP contribution is -2.16. The third-order valence-electron chi connectivity index (χ3n) is 4.49. The highest BCUT2D eigenvalue weighted by Crippen LogP contribution is 2.22. The largest absolute Gasteiger partial charge is 0.442 e. The highest BCUT2D eigenvalue weighted by Gasteiger charge is 2.18. The van der Waals surface area contributed by atoms with Crippen molar-refractivity contribution in [2.24, 2.45) is 0 Å². The molecule has 0 aliphatic rings. The van der Waals surface area contributed by atoms with E-state index in [-0.39, 0.29) is 16.3 Å². The van der Waals surface area contributed by atoms with Crippen molar-refractivity contribution in [3.05, 3.63) is 94.6 Å². The van der Waals surface area contributed by atoms with Crippen LogP contribution in [0.2, 0.25) is 0 Å². The van der Waals surface area contributed by atoms with Gasteiger partial charge in [0.25, 0.3) is 0 Å². The van der Waals surface area contributed by atoms with Crippen molar-refractivity contribution in [3.8, 4) is 11.5 Å². The minimum absolute atomic E-state index is 0.180. The molecule has 0 aliphatic heterocycles. The summed E-state index contributed by atoms with van der Waals surface area (Å²) in [4.78, 5) is 16.7. The van der Waals surface area contributed by atoms with Gasteiger partial charge in [0.05, 0.1) is 16.3 Å². The zero-order chi connectivity index (χ0) is 20.4. The first-order valence-corrected chi connectivity index (χ1v) is 10.3. The quantitative estimate of drug-likeness (QED) is 0.505. The highest BCUT2D eigenvalue weighted by atomic mass is 32.2. The molecule has 0 aliphatic carbocycles. The van der Waals surface area contributed by atoms with Crippen LogP contribution in [0, 0.1) is 6.92 Å². The average molecular weight is 407 g/mol. The van der Waals surface area contributed by atoms with Crippen LogP contribution in [-0.4, -0.2) is 23.1 Å². The van der Waals surface area contributed by atoms with Gasteiger partial charge in [-0.25, -0.2) is 13.2 Å². The molecule has 0 unspecified atom stereocenters. The molecule has 2 heterocycles. The third kappa shape index (κ3) is 3.74. The van der Waals surface area contributed by atoms with E-state index in [1.165, 1.54) is 16.7 Å². The fraction of sp³-hybridized carbons (Fsp3) is 0.0952. The van der Waals surface area contributed by atoms with Crippen molar-refractivity contribution >= 4 is 9.84 Å². The second-order valence-corrected chi connectivity index (χ2v) is 8.48. The Kier molecular flexibility index (Phi) is 4.85. The number of hydrogen-bond acceptors (Lipinski definition) is 6. The van der Waals surface area contributed by atoms with Crippen LogP contribution in [0.5, 0.6) is 0 Å². The molecule has 0 saturated heterocycles. The summed E-state index contributed by atoms with van der Waals surface area (Å²) >= 11 is 0. The van der Waals surface area contributed by atoms with Crippen molar-refractivity contribution < 1.29 is 12.9 Å². The van der Waals surface area contributed by atoms with Gasteiger partial charge in [0.1, 0.15) is 5.69 Å². The van der Waals surface area contributed by atoms with E-state index in [1.807, 2.05) is 6.92 Å². The topological polar surface area (TPSA) is 95.1 Å². The van der Waals surface area contributed by atoms with Crippen LogP contribution in [0.15, 0.2) is 92.0 Å². The minimum atomic E-state index is -3.60. The summed E-state index contributed by atoms with van der Waals surface area (Å²) in [5.74, 6) is -0.297. The number of rotatable bonds is 5. The Morgan fingerprint density at radius 3 is 2.21 bits per heavy atom. The van der Waals surface area contributed by atoms with E-state index in [2.05, 4.69) is 10.1 Å². The minimum Gasteiger partial charge on any atom is -0.295 e. The maximum Gasteiger partial charge on any atom is 0.442 e. The van der Waals surface area contributed by atoms with Gasteiger partial charge in [-0.15, -0.1) is 0 Å². The van der Waals surface area contributed by atoms with E-state index in [0.717, 1.165) is 11.1 Å². The number of benzene rings is 2. The Hall–Kier alpha value is -3.52. The fourth-order valence-electron chi connectivity index (χ4n) is 2.90. The molecule has 0 fully saturated rings. The van der Waals surface area contributed by atoms with Crippen molar-refractivity contribution in [3.63, 3.8) is 0 Å². The molecule has 7 nitrogen and oxygen atoms in total. The molecule has 0 N–H and O–H groups in total. The van der Waals surface area contributed by atoms with Gasteiger partial charge in [0.2, 0.25) is 15.7 Å². The summed E-state index contributed by atoms with van der Waals surface area (Å²) in [5.41, 5.74) is 2.23. The van der Waals surface area contributed by atoms with Crippen molar-refractivity contribution in [2.45, 2.75) is 23.3 Å². The van der Waals surface area contributed by atoms with Crippen LogP contribution in [-0.2, 0) is 16.4 Å². The van der Waals surface area contributed by atoms with Gasteiger partial charge in [-0.2, -0.15) is 0 Å². The van der Waals surface area contributed by atoms with E-state index in [0.29, 0.717) is 11.5 Å². The molecule has 0 bridgehead atoms. The first-order chi connectivity index (χ1) is 13.9. The van der Waals surface area contributed by atoms with Crippen molar-refractivity contribution in [2.75, 3.05) is 0 Å². The van der Waals surface area contributed by atoms with E-state index in [1.54, 1.807) is 60.8 Å². The zero-order valence-electron chi connectivity index (χ0n) is 15.5. The monoisotopic (exact) mass is 407 g/mol. The molecule has 4 aromatic rings. The third-order valence-corrected chi connectivity index (χ3v) is 6.27. The first-order valence-electron chi connectivity index (χ1n) is 8.84. The maximum atomic E-state index is 12.8. The Bertz CT molecular complexity index is 1290. The number of sulfone groups is 1.